The normalized spacial score (nSPS) is 13.0. The molecule has 0 spiro atoms. The van der Waals surface area contributed by atoms with Gasteiger partial charge in [0.05, 0.1) is 0 Å². The molecule has 0 aliphatic carbocycles. The van der Waals surface area contributed by atoms with Crippen LogP contribution >= 0.6 is 17.2 Å². The summed E-state index contributed by atoms with van der Waals surface area (Å²) >= 11 is 7.99. The molecule has 1 nitrogen and oxygen atoms in total. The first-order valence-electron chi connectivity index (χ1n) is 9.80. The van der Waals surface area contributed by atoms with Gasteiger partial charge in [0.2, 0.25) is 0 Å². The SMILES string of the molecule is NCCCCCCP(Cl)(c1ccccc1)(c1ccccc1)c1ccccc1. The summed E-state index contributed by atoms with van der Waals surface area (Å²) in [6.07, 6.45) is 5.47. The van der Waals surface area contributed by atoms with Crippen molar-refractivity contribution in [2.24, 2.45) is 5.73 Å². The van der Waals surface area contributed by atoms with Crippen LogP contribution < -0.4 is 21.6 Å². The number of hydrogen-bond acceptors (Lipinski definition) is 1. The Bertz CT molecular complexity index is 721. The maximum absolute atomic E-state index is 7.99. The molecule has 3 aromatic carbocycles. The fourth-order valence-electron chi connectivity index (χ4n) is 3.96. The Morgan fingerprint density at radius 2 is 0.926 bits per heavy atom. The van der Waals surface area contributed by atoms with Crippen molar-refractivity contribution in [2.75, 3.05) is 12.7 Å². The number of nitrogens with two attached hydrogens (primary N) is 1. The van der Waals surface area contributed by atoms with Gasteiger partial charge in [0.1, 0.15) is 0 Å². The number of unbranched alkanes of at least 4 members (excludes halogenated alkanes) is 3. The Morgan fingerprint density at radius 1 is 0.556 bits per heavy atom. The summed E-state index contributed by atoms with van der Waals surface area (Å²) in [5.41, 5.74) is 5.68. The summed E-state index contributed by atoms with van der Waals surface area (Å²) in [4.78, 5) is 0. The van der Waals surface area contributed by atoms with E-state index in [2.05, 4.69) is 91.0 Å². The predicted molar refractivity (Wildman–Crippen MR) is 123 cm³/mol. The Labute approximate surface area is 168 Å². The number of halogens is 1. The molecule has 142 valence electrons. The predicted octanol–water partition coefficient (Wildman–Crippen LogP) is 5.19. The number of hydrogen-bond donors (Lipinski definition) is 1. The Hall–Kier alpha value is -1.66. The van der Waals surface area contributed by atoms with Gasteiger partial charge in [-0.2, -0.15) is 0 Å². The Morgan fingerprint density at radius 3 is 1.30 bits per heavy atom. The first-order valence-corrected chi connectivity index (χ1v) is 13.1. The molecule has 0 amide bonds. The minimum absolute atomic E-state index is 0.764. The second-order valence-electron chi connectivity index (χ2n) is 7.12. The van der Waals surface area contributed by atoms with Crippen molar-refractivity contribution >= 4 is 33.1 Å². The summed E-state index contributed by atoms with van der Waals surface area (Å²) in [6.45, 7) is 0.764. The fourth-order valence-corrected chi connectivity index (χ4v) is 10.2. The van der Waals surface area contributed by atoms with Crippen molar-refractivity contribution in [1.29, 1.82) is 0 Å². The molecule has 2 N–H and O–H groups in total. The van der Waals surface area contributed by atoms with Crippen molar-refractivity contribution in [3.63, 3.8) is 0 Å². The number of rotatable bonds is 9. The molecular formula is C24H29ClNP. The van der Waals surface area contributed by atoms with Gasteiger partial charge in [0.25, 0.3) is 0 Å². The third-order valence-corrected chi connectivity index (χ3v) is 13.0. The molecular weight excluding hydrogens is 369 g/mol. The van der Waals surface area contributed by atoms with Crippen LogP contribution in [0.3, 0.4) is 0 Å². The molecule has 0 aromatic heterocycles. The van der Waals surface area contributed by atoms with Crippen molar-refractivity contribution < 1.29 is 0 Å². The van der Waals surface area contributed by atoms with Crippen LogP contribution in [0.15, 0.2) is 91.0 Å². The van der Waals surface area contributed by atoms with Crippen molar-refractivity contribution in [2.45, 2.75) is 25.7 Å². The fraction of sp³-hybridized carbons (Fsp3) is 0.250. The molecule has 0 fully saturated rings. The zero-order valence-electron chi connectivity index (χ0n) is 15.8. The van der Waals surface area contributed by atoms with Gasteiger partial charge in [0, 0.05) is 0 Å². The quantitative estimate of drug-likeness (QED) is 0.390. The molecule has 3 aromatic rings. The van der Waals surface area contributed by atoms with Crippen molar-refractivity contribution in [3.8, 4) is 0 Å². The van der Waals surface area contributed by atoms with E-state index in [0.29, 0.717) is 0 Å². The molecule has 0 radical (unpaired) electrons. The second kappa shape index (κ2) is 9.02. The third-order valence-electron chi connectivity index (χ3n) is 5.42. The topological polar surface area (TPSA) is 26.0 Å². The van der Waals surface area contributed by atoms with Crippen LogP contribution in [0.4, 0.5) is 0 Å². The van der Waals surface area contributed by atoms with Crippen molar-refractivity contribution in [3.05, 3.63) is 91.0 Å². The maximum atomic E-state index is 7.99. The monoisotopic (exact) mass is 397 g/mol. The van der Waals surface area contributed by atoms with Crippen molar-refractivity contribution in [1.82, 2.24) is 0 Å². The van der Waals surface area contributed by atoms with Crippen LogP contribution in [0.25, 0.3) is 0 Å². The van der Waals surface area contributed by atoms with E-state index in [-0.39, 0.29) is 0 Å². The van der Waals surface area contributed by atoms with E-state index < -0.39 is 5.96 Å². The van der Waals surface area contributed by atoms with Gasteiger partial charge in [-0.3, -0.25) is 0 Å². The zero-order chi connectivity index (χ0) is 19.0. The Balaban J connectivity index is 2.16. The van der Waals surface area contributed by atoms with E-state index >= 15 is 0 Å². The van der Waals surface area contributed by atoms with Crippen LogP contribution in [0.2, 0.25) is 0 Å². The van der Waals surface area contributed by atoms with E-state index in [0.717, 1.165) is 38.4 Å². The number of benzene rings is 3. The minimum atomic E-state index is -3.05. The molecule has 0 bridgehead atoms. The molecule has 27 heavy (non-hydrogen) atoms. The molecule has 0 atom stereocenters. The molecule has 0 heterocycles. The van der Waals surface area contributed by atoms with Crippen LogP contribution in [0.1, 0.15) is 25.7 Å². The summed E-state index contributed by atoms with van der Waals surface area (Å²) < 4.78 is 0. The van der Waals surface area contributed by atoms with Gasteiger partial charge in [-0.15, -0.1) is 0 Å². The standard InChI is InChI=1S/C24H29ClNP/c25-27(21-13-2-1-12-20-26,22-14-6-3-7-15-22,23-16-8-4-9-17-23)24-18-10-5-11-19-24/h3-11,14-19H,1-2,12-13,20-21,26H2. The summed E-state index contributed by atoms with van der Waals surface area (Å²) in [5, 5.41) is 3.75. The van der Waals surface area contributed by atoms with Gasteiger partial charge in [-0.25, -0.2) is 0 Å². The van der Waals surface area contributed by atoms with E-state index in [1.165, 1.54) is 15.9 Å². The average Bonchev–Trinajstić information content (AvgIpc) is 2.75. The molecule has 3 heteroatoms. The van der Waals surface area contributed by atoms with Gasteiger partial charge < -0.3 is 0 Å². The molecule has 3 rings (SSSR count). The third kappa shape index (κ3) is 3.97. The van der Waals surface area contributed by atoms with E-state index in [9.17, 15) is 0 Å². The van der Waals surface area contributed by atoms with E-state index in [1.54, 1.807) is 0 Å². The summed E-state index contributed by atoms with van der Waals surface area (Å²) in [7, 11) is 0. The van der Waals surface area contributed by atoms with Crippen LogP contribution in [0, 0.1) is 0 Å². The first kappa shape index (κ1) is 20.1. The molecule has 0 aliphatic rings. The molecule has 0 unspecified atom stereocenters. The Kier molecular flexibility index (Phi) is 6.71. The van der Waals surface area contributed by atoms with Crippen LogP contribution in [0.5, 0.6) is 0 Å². The molecule has 0 saturated carbocycles. The van der Waals surface area contributed by atoms with Gasteiger partial charge in [0.15, 0.2) is 0 Å². The average molecular weight is 398 g/mol. The molecule has 0 saturated heterocycles. The van der Waals surface area contributed by atoms with Gasteiger partial charge in [-0.05, 0) is 0 Å². The van der Waals surface area contributed by atoms with E-state index in [1.807, 2.05) is 0 Å². The van der Waals surface area contributed by atoms with Gasteiger partial charge >= 0.3 is 168 Å². The van der Waals surface area contributed by atoms with E-state index in [4.69, 9.17) is 17.0 Å². The zero-order valence-corrected chi connectivity index (χ0v) is 17.5. The first-order chi connectivity index (χ1) is 13.2. The van der Waals surface area contributed by atoms with Crippen LogP contribution in [-0.2, 0) is 0 Å². The summed E-state index contributed by atoms with van der Waals surface area (Å²) in [5.74, 6) is -3.05. The summed E-state index contributed by atoms with van der Waals surface area (Å²) in [6, 6.07) is 32.1. The van der Waals surface area contributed by atoms with Gasteiger partial charge in [-0.1, -0.05) is 0 Å². The molecule has 0 aliphatic heterocycles. The van der Waals surface area contributed by atoms with Crippen LogP contribution in [-0.4, -0.2) is 12.7 Å². The second-order valence-corrected chi connectivity index (χ2v) is 13.7.